The van der Waals surface area contributed by atoms with Crippen molar-refractivity contribution in [2.45, 2.75) is 19.6 Å². The van der Waals surface area contributed by atoms with Gasteiger partial charge in [0, 0.05) is 6.42 Å². The van der Waals surface area contributed by atoms with Gasteiger partial charge in [0.25, 0.3) is 0 Å². The lowest BCUT2D eigenvalue weighted by molar-refractivity contribution is -0.214. The van der Waals surface area contributed by atoms with Crippen LogP contribution in [0.15, 0.2) is 0 Å². The van der Waals surface area contributed by atoms with Crippen molar-refractivity contribution in [3.05, 3.63) is 5.82 Å². The van der Waals surface area contributed by atoms with E-state index in [9.17, 15) is 13.2 Å². The Hall–Kier alpha value is -1.14. The maximum Gasteiger partial charge on any atom is 0.507 e. The zero-order valence-electron chi connectivity index (χ0n) is 5.63. The highest BCUT2D eigenvalue weighted by atomic mass is 19.4. The van der Waals surface area contributed by atoms with Crippen LogP contribution in [0.4, 0.5) is 13.2 Å². The van der Waals surface area contributed by atoms with Gasteiger partial charge in [-0.25, -0.2) is 0 Å². The van der Waals surface area contributed by atoms with Crippen molar-refractivity contribution in [1.82, 2.24) is 20.2 Å². The smallest absolute Gasteiger partial charge is 0.149 e. The predicted molar refractivity (Wildman–Crippen MR) is 28.5 cm³/mol. The summed E-state index contributed by atoms with van der Waals surface area (Å²) in [5.41, 5.74) is 0. The van der Waals surface area contributed by atoms with Crippen molar-refractivity contribution in [3.8, 4) is 0 Å². The number of alkyl halides is 3. The number of nitrogens with zero attached hydrogens (tertiary/aromatic N) is 4. The Bertz CT molecular complexity index is 240. The van der Waals surface area contributed by atoms with E-state index in [1.165, 1.54) is 0 Å². The highest BCUT2D eigenvalue weighted by Crippen LogP contribution is 2.21. The molecule has 1 rings (SSSR count). The highest BCUT2D eigenvalue weighted by molar-refractivity contribution is 4.79. The van der Waals surface area contributed by atoms with Gasteiger partial charge in [0.1, 0.15) is 0 Å². The molecule has 0 saturated carbocycles. The summed E-state index contributed by atoms with van der Waals surface area (Å²) < 4.78 is 35.5. The number of halogens is 3. The Balaban J connectivity index is 3.02. The van der Waals surface area contributed by atoms with Crippen LogP contribution in [0.3, 0.4) is 0 Å². The molecular weight excluding hydrogens is 161 g/mol. The Morgan fingerprint density at radius 1 is 1.45 bits per heavy atom. The molecule has 0 unspecified atom stereocenters. The SMILES string of the molecule is CCc1nnnn1C(F)(F)F. The van der Waals surface area contributed by atoms with E-state index < -0.39 is 6.30 Å². The summed E-state index contributed by atoms with van der Waals surface area (Å²) in [7, 11) is 0. The molecular formula is C4H5F3N4. The maximum atomic E-state index is 11.9. The fourth-order valence-electron chi connectivity index (χ4n) is 0.623. The first kappa shape index (κ1) is 7.96. The second-order valence-corrected chi connectivity index (χ2v) is 1.83. The molecule has 1 heterocycles. The minimum atomic E-state index is -4.51. The number of aromatic nitrogens is 4. The summed E-state index contributed by atoms with van der Waals surface area (Å²) in [5.74, 6) is -0.183. The molecule has 0 saturated heterocycles. The Kier molecular flexibility index (Phi) is 1.79. The summed E-state index contributed by atoms with van der Waals surface area (Å²) in [4.78, 5) is 0. The highest BCUT2D eigenvalue weighted by Gasteiger charge is 2.34. The van der Waals surface area contributed by atoms with E-state index in [1.807, 2.05) is 0 Å². The van der Waals surface area contributed by atoms with E-state index in [2.05, 4.69) is 15.5 Å². The molecule has 0 bridgehead atoms. The van der Waals surface area contributed by atoms with E-state index in [4.69, 9.17) is 0 Å². The van der Waals surface area contributed by atoms with Gasteiger partial charge in [0.2, 0.25) is 0 Å². The second-order valence-electron chi connectivity index (χ2n) is 1.83. The van der Waals surface area contributed by atoms with Crippen LogP contribution in [-0.4, -0.2) is 20.2 Å². The molecule has 0 aromatic carbocycles. The van der Waals surface area contributed by atoms with E-state index >= 15 is 0 Å². The number of tetrazole rings is 1. The van der Waals surface area contributed by atoms with Crippen LogP contribution in [0.5, 0.6) is 0 Å². The quantitative estimate of drug-likeness (QED) is 0.617. The van der Waals surface area contributed by atoms with Crippen molar-refractivity contribution in [2.75, 3.05) is 0 Å². The van der Waals surface area contributed by atoms with Crippen LogP contribution in [0, 0.1) is 0 Å². The average molecular weight is 166 g/mol. The molecule has 0 spiro atoms. The minimum absolute atomic E-state index is 0.146. The molecule has 0 amide bonds. The summed E-state index contributed by atoms with van der Waals surface area (Å²) in [5, 5.41) is 8.87. The first-order chi connectivity index (χ1) is 5.05. The second kappa shape index (κ2) is 2.48. The van der Waals surface area contributed by atoms with Gasteiger partial charge in [-0.2, -0.15) is 0 Å². The minimum Gasteiger partial charge on any atom is -0.149 e. The summed E-state index contributed by atoms with van der Waals surface area (Å²) in [6.07, 6.45) is -4.35. The van der Waals surface area contributed by atoms with Gasteiger partial charge in [0.05, 0.1) is 0 Å². The van der Waals surface area contributed by atoms with Gasteiger partial charge >= 0.3 is 6.30 Å². The summed E-state index contributed by atoms with van der Waals surface area (Å²) >= 11 is 0. The molecule has 0 radical (unpaired) electrons. The molecule has 11 heavy (non-hydrogen) atoms. The molecule has 0 aliphatic carbocycles. The zero-order chi connectivity index (χ0) is 8.48. The van der Waals surface area contributed by atoms with Crippen LogP contribution < -0.4 is 0 Å². The molecule has 0 atom stereocenters. The molecule has 4 nitrogen and oxygen atoms in total. The van der Waals surface area contributed by atoms with Crippen LogP contribution in [0.2, 0.25) is 0 Å². The molecule has 0 aliphatic heterocycles. The molecule has 1 aromatic heterocycles. The van der Waals surface area contributed by atoms with Gasteiger partial charge in [-0.3, -0.25) is 0 Å². The Labute approximate surface area is 60.0 Å². The van der Waals surface area contributed by atoms with E-state index in [-0.39, 0.29) is 16.9 Å². The van der Waals surface area contributed by atoms with Gasteiger partial charge in [-0.05, 0) is 10.4 Å². The maximum absolute atomic E-state index is 11.9. The molecule has 62 valence electrons. The van der Waals surface area contributed by atoms with Gasteiger partial charge in [-0.1, -0.05) is 6.92 Å². The van der Waals surface area contributed by atoms with E-state index in [0.717, 1.165) is 0 Å². The van der Waals surface area contributed by atoms with Crippen LogP contribution in [0.1, 0.15) is 12.7 Å². The van der Waals surface area contributed by atoms with E-state index in [0.29, 0.717) is 0 Å². The lowest BCUT2D eigenvalue weighted by atomic mass is 10.5. The first-order valence-electron chi connectivity index (χ1n) is 2.90. The third-order valence-electron chi connectivity index (χ3n) is 1.09. The monoisotopic (exact) mass is 166 g/mol. The first-order valence-corrected chi connectivity index (χ1v) is 2.90. The molecule has 0 aliphatic rings. The molecule has 1 aromatic rings. The lowest BCUT2D eigenvalue weighted by Crippen LogP contribution is -2.20. The number of hydrogen-bond donors (Lipinski definition) is 0. The van der Waals surface area contributed by atoms with E-state index in [1.54, 1.807) is 6.92 Å². The Morgan fingerprint density at radius 2 is 2.09 bits per heavy atom. The van der Waals surface area contributed by atoms with Crippen molar-refractivity contribution < 1.29 is 13.2 Å². The number of rotatable bonds is 1. The van der Waals surface area contributed by atoms with Crippen LogP contribution in [0.25, 0.3) is 0 Å². The zero-order valence-corrected chi connectivity index (χ0v) is 5.63. The van der Waals surface area contributed by atoms with Crippen molar-refractivity contribution in [3.63, 3.8) is 0 Å². The largest absolute Gasteiger partial charge is 0.507 e. The Morgan fingerprint density at radius 3 is 2.45 bits per heavy atom. The topological polar surface area (TPSA) is 43.6 Å². The average Bonchev–Trinajstić information content (AvgIpc) is 2.31. The lowest BCUT2D eigenvalue weighted by Gasteiger charge is -2.05. The van der Waals surface area contributed by atoms with Crippen LogP contribution in [-0.2, 0) is 12.7 Å². The van der Waals surface area contributed by atoms with Crippen molar-refractivity contribution >= 4 is 0 Å². The number of aryl methyl sites for hydroxylation is 1. The molecule has 0 N–H and O–H groups in total. The third-order valence-corrected chi connectivity index (χ3v) is 1.09. The van der Waals surface area contributed by atoms with Crippen LogP contribution >= 0.6 is 0 Å². The van der Waals surface area contributed by atoms with Gasteiger partial charge in [0.15, 0.2) is 5.82 Å². The molecule has 7 heteroatoms. The van der Waals surface area contributed by atoms with Gasteiger partial charge < -0.3 is 0 Å². The fraction of sp³-hybridized carbons (Fsp3) is 0.750. The predicted octanol–water partition coefficient (Wildman–Crippen LogP) is 0.712. The normalized spacial score (nSPS) is 12.0. The molecule has 0 fully saturated rings. The third kappa shape index (κ3) is 1.47. The summed E-state index contributed by atoms with van der Waals surface area (Å²) in [6.45, 7) is 1.55. The fourth-order valence-corrected chi connectivity index (χ4v) is 0.623. The summed E-state index contributed by atoms with van der Waals surface area (Å²) in [6, 6.07) is 0. The van der Waals surface area contributed by atoms with Crippen molar-refractivity contribution in [2.24, 2.45) is 0 Å². The number of hydrogen-bond acceptors (Lipinski definition) is 3. The van der Waals surface area contributed by atoms with Crippen molar-refractivity contribution in [1.29, 1.82) is 0 Å². The van der Waals surface area contributed by atoms with Gasteiger partial charge in [-0.15, -0.1) is 23.0 Å². The standard InChI is InChI=1S/C4H5F3N4/c1-2-3-8-9-10-11(3)4(5,6)7/h2H2,1H3.